The van der Waals surface area contributed by atoms with Crippen LogP contribution in [0.3, 0.4) is 0 Å². The fourth-order valence-electron chi connectivity index (χ4n) is 2.26. The van der Waals surface area contributed by atoms with E-state index in [1.165, 1.54) is 0 Å². The molecule has 4 nitrogen and oxygen atoms in total. The Morgan fingerprint density at radius 2 is 1.91 bits per heavy atom. The molecule has 0 bridgehead atoms. The number of oxime groups is 1. The molecule has 3 rings (SSSR count). The molecule has 1 heterocycles. The SMILES string of the molecule is CC(=N)C1CC(c2ccc(OCc3ccccc3)cc2)=NO1. The molecule has 1 N–H and O–H groups in total. The first-order valence-corrected chi connectivity index (χ1v) is 7.27. The van der Waals surface area contributed by atoms with Gasteiger partial charge in [-0.25, -0.2) is 0 Å². The maximum absolute atomic E-state index is 7.60. The first-order valence-electron chi connectivity index (χ1n) is 7.27. The maximum Gasteiger partial charge on any atom is 0.170 e. The third kappa shape index (κ3) is 3.34. The van der Waals surface area contributed by atoms with Gasteiger partial charge in [-0.05, 0) is 42.3 Å². The predicted octanol–water partition coefficient (Wildman–Crippen LogP) is 3.80. The molecule has 22 heavy (non-hydrogen) atoms. The van der Waals surface area contributed by atoms with Gasteiger partial charge >= 0.3 is 0 Å². The summed E-state index contributed by atoms with van der Waals surface area (Å²) < 4.78 is 5.76. The Hall–Kier alpha value is -2.62. The van der Waals surface area contributed by atoms with Crippen molar-refractivity contribution in [1.29, 1.82) is 5.41 Å². The van der Waals surface area contributed by atoms with Crippen LogP contribution in [0.2, 0.25) is 0 Å². The van der Waals surface area contributed by atoms with Crippen molar-refractivity contribution in [1.82, 2.24) is 0 Å². The van der Waals surface area contributed by atoms with Crippen molar-refractivity contribution in [2.75, 3.05) is 0 Å². The molecule has 1 aliphatic heterocycles. The Bertz CT molecular complexity index is 678. The Balaban J connectivity index is 1.60. The zero-order valence-corrected chi connectivity index (χ0v) is 12.5. The summed E-state index contributed by atoms with van der Waals surface area (Å²) in [6.07, 6.45) is 0.434. The van der Waals surface area contributed by atoms with Crippen LogP contribution >= 0.6 is 0 Å². The van der Waals surface area contributed by atoms with E-state index in [9.17, 15) is 0 Å². The van der Waals surface area contributed by atoms with Gasteiger partial charge in [0.25, 0.3) is 0 Å². The largest absolute Gasteiger partial charge is 0.489 e. The first-order chi connectivity index (χ1) is 10.7. The van der Waals surface area contributed by atoms with Crippen LogP contribution in [0.5, 0.6) is 5.75 Å². The molecule has 0 fully saturated rings. The standard InChI is InChI=1S/C18H18N2O2/c1-13(19)18-11-17(20-22-18)15-7-9-16(10-8-15)21-12-14-5-3-2-4-6-14/h2-10,18-19H,11-12H2,1H3. The second kappa shape index (κ2) is 6.43. The predicted molar refractivity (Wildman–Crippen MR) is 86.6 cm³/mol. The fourth-order valence-corrected chi connectivity index (χ4v) is 2.26. The van der Waals surface area contributed by atoms with Gasteiger partial charge in [0.1, 0.15) is 12.4 Å². The zero-order chi connectivity index (χ0) is 15.4. The molecule has 1 unspecified atom stereocenters. The van der Waals surface area contributed by atoms with E-state index in [0.29, 0.717) is 18.7 Å². The number of rotatable bonds is 5. The molecule has 1 atom stereocenters. The summed E-state index contributed by atoms with van der Waals surface area (Å²) in [6, 6.07) is 17.9. The van der Waals surface area contributed by atoms with Crippen molar-refractivity contribution in [3.63, 3.8) is 0 Å². The molecule has 2 aromatic carbocycles. The number of hydrogen-bond donors (Lipinski definition) is 1. The summed E-state index contributed by atoms with van der Waals surface area (Å²) in [5.74, 6) is 0.826. The lowest BCUT2D eigenvalue weighted by Gasteiger charge is -2.07. The van der Waals surface area contributed by atoms with Gasteiger partial charge in [-0.2, -0.15) is 0 Å². The molecule has 0 saturated carbocycles. The number of nitrogens with zero attached hydrogens (tertiary/aromatic N) is 1. The summed E-state index contributed by atoms with van der Waals surface area (Å²) in [4.78, 5) is 5.25. The van der Waals surface area contributed by atoms with Gasteiger partial charge in [0.2, 0.25) is 0 Å². The molecule has 0 aromatic heterocycles. The third-order valence-electron chi connectivity index (χ3n) is 3.59. The highest BCUT2D eigenvalue weighted by Gasteiger charge is 2.23. The Kier molecular flexibility index (Phi) is 4.19. The van der Waals surface area contributed by atoms with Gasteiger partial charge in [0, 0.05) is 12.1 Å². The number of hydrogen-bond acceptors (Lipinski definition) is 4. The average Bonchev–Trinajstić information content (AvgIpc) is 3.05. The van der Waals surface area contributed by atoms with Crippen molar-refractivity contribution in [2.24, 2.45) is 5.16 Å². The Morgan fingerprint density at radius 1 is 1.18 bits per heavy atom. The lowest BCUT2D eigenvalue weighted by atomic mass is 10.0. The third-order valence-corrected chi connectivity index (χ3v) is 3.59. The van der Waals surface area contributed by atoms with E-state index in [-0.39, 0.29) is 6.10 Å². The number of ether oxygens (including phenoxy) is 1. The maximum atomic E-state index is 7.60. The smallest absolute Gasteiger partial charge is 0.170 e. The topological polar surface area (TPSA) is 54.7 Å². The van der Waals surface area contributed by atoms with Crippen LogP contribution < -0.4 is 4.74 Å². The van der Waals surface area contributed by atoms with Crippen LogP contribution in [0.15, 0.2) is 59.8 Å². The van der Waals surface area contributed by atoms with Crippen molar-refractivity contribution in [3.05, 3.63) is 65.7 Å². The quantitative estimate of drug-likeness (QED) is 0.853. The minimum absolute atomic E-state index is 0.219. The van der Waals surface area contributed by atoms with Crippen LogP contribution in [0.1, 0.15) is 24.5 Å². The van der Waals surface area contributed by atoms with Crippen LogP contribution in [-0.2, 0) is 11.4 Å². The summed E-state index contributed by atoms with van der Waals surface area (Å²) >= 11 is 0. The molecule has 112 valence electrons. The van der Waals surface area contributed by atoms with Crippen molar-refractivity contribution < 1.29 is 9.57 Å². The van der Waals surface area contributed by atoms with Gasteiger partial charge in [-0.3, -0.25) is 0 Å². The minimum atomic E-state index is -0.219. The van der Waals surface area contributed by atoms with Gasteiger partial charge < -0.3 is 15.0 Å². The summed E-state index contributed by atoms with van der Waals surface area (Å²) in [5.41, 5.74) is 3.54. The van der Waals surface area contributed by atoms with Gasteiger partial charge in [-0.1, -0.05) is 35.5 Å². The molecule has 0 radical (unpaired) electrons. The summed E-state index contributed by atoms with van der Waals surface area (Å²) in [5, 5.41) is 11.7. The fraction of sp³-hybridized carbons (Fsp3) is 0.222. The zero-order valence-electron chi connectivity index (χ0n) is 12.5. The summed E-state index contributed by atoms with van der Waals surface area (Å²) in [6.45, 7) is 2.29. The van der Waals surface area contributed by atoms with E-state index in [1.54, 1.807) is 6.92 Å². The van der Waals surface area contributed by atoms with Crippen molar-refractivity contribution in [3.8, 4) is 5.75 Å². The van der Waals surface area contributed by atoms with E-state index < -0.39 is 0 Å². The Morgan fingerprint density at radius 3 is 2.55 bits per heavy atom. The van der Waals surface area contributed by atoms with Gasteiger partial charge in [-0.15, -0.1) is 0 Å². The second-order valence-corrected chi connectivity index (χ2v) is 5.32. The number of benzene rings is 2. The lowest BCUT2D eigenvalue weighted by Crippen LogP contribution is -2.16. The molecule has 2 aromatic rings. The molecular formula is C18H18N2O2. The van der Waals surface area contributed by atoms with Gasteiger partial charge in [0.05, 0.1) is 5.71 Å². The van der Waals surface area contributed by atoms with Crippen LogP contribution in [-0.4, -0.2) is 17.5 Å². The van der Waals surface area contributed by atoms with Crippen LogP contribution in [0, 0.1) is 5.41 Å². The Labute approximate surface area is 129 Å². The van der Waals surface area contributed by atoms with E-state index in [2.05, 4.69) is 5.16 Å². The van der Waals surface area contributed by atoms with E-state index in [4.69, 9.17) is 15.0 Å². The average molecular weight is 294 g/mol. The molecule has 0 amide bonds. The van der Waals surface area contributed by atoms with E-state index >= 15 is 0 Å². The summed E-state index contributed by atoms with van der Waals surface area (Å²) in [7, 11) is 0. The monoisotopic (exact) mass is 294 g/mol. The van der Waals surface area contributed by atoms with E-state index in [0.717, 1.165) is 22.6 Å². The normalized spacial score (nSPS) is 16.8. The lowest BCUT2D eigenvalue weighted by molar-refractivity contribution is 0.132. The van der Waals surface area contributed by atoms with Crippen molar-refractivity contribution >= 4 is 11.4 Å². The van der Waals surface area contributed by atoms with E-state index in [1.807, 2.05) is 54.6 Å². The first kappa shape index (κ1) is 14.3. The highest BCUT2D eigenvalue weighted by Crippen LogP contribution is 2.20. The molecule has 0 aliphatic carbocycles. The minimum Gasteiger partial charge on any atom is -0.489 e. The molecule has 0 saturated heterocycles. The highest BCUT2D eigenvalue weighted by atomic mass is 16.6. The van der Waals surface area contributed by atoms with Crippen LogP contribution in [0.25, 0.3) is 0 Å². The van der Waals surface area contributed by atoms with Gasteiger partial charge in [0.15, 0.2) is 6.10 Å². The second-order valence-electron chi connectivity index (χ2n) is 5.32. The van der Waals surface area contributed by atoms with Crippen LogP contribution in [0.4, 0.5) is 0 Å². The highest BCUT2D eigenvalue weighted by molar-refractivity contribution is 6.04. The molecule has 0 spiro atoms. The molecule has 1 aliphatic rings. The molecular weight excluding hydrogens is 276 g/mol. The van der Waals surface area contributed by atoms with Crippen molar-refractivity contribution in [2.45, 2.75) is 26.1 Å². The molecule has 4 heteroatoms. The number of nitrogens with one attached hydrogen (secondary N) is 1.